The highest BCUT2D eigenvalue weighted by Crippen LogP contribution is 2.45. The van der Waals surface area contributed by atoms with Crippen LogP contribution >= 0.6 is 0 Å². The summed E-state index contributed by atoms with van der Waals surface area (Å²) in [6, 6.07) is 22.7. The maximum absolute atomic E-state index is 13.4. The van der Waals surface area contributed by atoms with Crippen molar-refractivity contribution in [3.05, 3.63) is 114 Å². The van der Waals surface area contributed by atoms with E-state index >= 15 is 0 Å². The molecule has 5 aromatic carbocycles. The molecule has 5 rings (SSSR count). The summed E-state index contributed by atoms with van der Waals surface area (Å²) in [5, 5.41) is 2.89. The minimum absolute atomic E-state index is 0.319. The van der Waals surface area contributed by atoms with E-state index in [0.717, 1.165) is 59.7 Å². The summed E-state index contributed by atoms with van der Waals surface area (Å²) in [6.45, 7) is 5.88. The fourth-order valence-corrected chi connectivity index (χ4v) is 5.56. The van der Waals surface area contributed by atoms with Gasteiger partial charge in [-0.2, -0.15) is 26.3 Å². The predicted octanol–water partition coefficient (Wildman–Crippen LogP) is 11.4. The SMILES string of the molecule is C=C(C)C(=O)OCCCCCCOc1ccc2c(-c3ccc(C(F)(F)F)cc3)c3ccccc3c(-c3ccc(C(F)(F)F)cc3)c2c1. The highest BCUT2D eigenvalue weighted by Gasteiger charge is 2.31. The van der Waals surface area contributed by atoms with Crippen LogP contribution in [-0.2, 0) is 21.9 Å². The molecule has 9 heteroatoms. The van der Waals surface area contributed by atoms with Gasteiger partial charge in [-0.1, -0.05) is 61.2 Å². The van der Waals surface area contributed by atoms with E-state index in [-0.39, 0.29) is 0 Å². The molecule has 0 spiro atoms. The van der Waals surface area contributed by atoms with E-state index in [1.54, 1.807) is 13.0 Å². The van der Waals surface area contributed by atoms with Crippen LogP contribution in [0.2, 0.25) is 0 Å². The van der Waals surface area contributed by atoms with Crippen LogP contribution in [-0.4, -0.2) is 19.2 Å². The Hall–Kier alpha value is -4.79. The lowest BCUT2D eigenvalue weighted by atomic mass is 9.85. The molecule has 0 atom stereocenters. The molecule has 0 unspecified atom stereocenters. The van der Waals surface area contributed by atoms with Crippen molar-refractivity contribution in [2.24, 2.45) is 0 Å². The minimum Gasteiger partial charge on any atom is -0.494 e. The van der Waals surface area contributed by atoms with Crippen molar-refractivity contribution in [3.8, 4) is 28.0 Å². The third-order valence-corrected chi connectivity index (χ3v) is 7.89. The van der Waals surface area contributed by atoms with Crippen LogP contribution in [0.3, 0.4) is 0 Å². The van der Waals surface area contributed by atoms with Crippen molar-refractivity contribution in [1.29, 1.82) is 0 Å². The first kappa shape index (κ1) is 33.6. The van der Waals surface area contributed by atoms with Crippen LogP contribution in [0.15, 0.2) is 103 Å². The number of unbranched alkanes of at least 4 members (excludes halogenated alkanes) is 3. The van der Waals surface area contributed by atoms with Gasteiger partial charge in [-0.25, -0.2) is 4.79 Å². The lowest BCUT2D eigenvalue weighted by Crippen LogP contribution is -2.06. The van der Waals surface area contributed by atoms with Crippen LogP contribution in [0.4, 0.5) is 26.3 Å². The summed E-state index contributed by atoms with van der Waals surface area (Å²) >= 11 is 0. The molecule has 244 valence electrons. The Morgan fingerprint density at radius 3 is 1.57 bits per heavy atom. The average molecular weight is 651 g/mol. The van der Waals surface area contributed by atoms with E-state index in [1.807, 2.05) is 36.4 Å². The summed E-state index contributed by atoms with van der Waals surface area (Å²) < 4.78 is 91.5. The van der Waals surface area contributed by atoms with Crippen molar-refractivity contribution in [2.75, 3.05) is 13.2 Å². The Kier molecular flexibility index (Phi) is 9.94. The molecule has 0 saturated carbocycles. The van der Waals surface area contributed by atoms with Crippen LogP contribution in [0.5, 0.6) is 5.75 Å². The molecule has 0 saturated heterocycles. The van der Waals surface area contributed by atoms with Crippen LogP contribution in [0, 0.1) is 0 Å². The molecule has 0 aromatic heterocycles. The van der Waals surface area contributed by atoms with Crippen molar-refractivity contribution in [1.82, 2.24) is 0 Å². The molecule has 0 bridgehead atoms. The first-order valence-electron chi connectivity index (χ1n) is 15.1. The quantitative estimate of drug-likeness (QED) is 0.0469. The Morgan fingerprint density at radius 1 is 0.617 bits per heavy atom. The van der Waals surface area contributed by atoms with E-state index in [4.69, 9.17) is 9.47 Å². The minimum atomic E-state index is -4.49. The van der Waals surface area contributed by atoms with Crippen LogP contribution in [0.1, 0.15) is 43.7 Å². The summed E-state index contributed by atoms with van der Waals surface area (Å²) in [7, 11) is 0. The van der Waals surface area contributed by atoms with Gasteiger partial charge in [-0.3, -0.25) is 0 Å². The summed E-state index contributed by atoms with van der Waals surface area (Å²) in [5.74, 6) is 0.143. The molecule has 0 aliphatic carbocycles. The molecule has 3 nitrogen and oxygen atoms in total. The van der Waals surface area contributed by atoms with E-state index in [0.29, 0.717) is 58.6 Å². The normalized spacial score (nSPS) is 12.0. The van der Waals surface area contributed by atoms with Gasteiger partial charge in [0.25, 0.3) is 0 Å². The molecule has 0 amide bonds. The number of hydrogen-bond acceptors (Lipinski definition) is 3. The fraction of sp³-hybridized carbons (Fsp3) is 0.237. The van der Waals surface area contributed by atoms with Crippen molar-refractivity contribution >= 4 is 27.5 Å². The van der Waals surface area contributed by atoms with E-state index < -0.39 is 29.4 Å². The highest BCUT2D eigenvalue weighted by atomic mass is 19.4. The number of fused-ring (bicyclic) bond motifs is 2. The standard InChI is InChI=1S/C38H32F6O3/c1-24(2)36(45)47-22-8-4-3-7-21-46-29-19-20-32-33(23-29)35(26-13-17-28(18-14-26)38(42,43)44)31-10-6-5-9-30(31)34(32)25-11-15-27(16-12-25)37(39,40)41/h5-6,9-20,23H,1,3-4,7-8,21-22H2,2H3. The third kappa shape index (κ3) is 7.79. The molecular formula is C38H32F6O3. The summed E-state index contributed by atoms with van der Waals surface area (Å²) in [4.78, 5) is 11.5. The number of alkyl halides is 6. The number of halogens is 6. The number of ether oxygens (including phenoxy) is 2. The Balaban J connectivity index is 1.51. The number of hydrogen-bond donors (Lipinski definition) is 0. The average Bonchev–Trinajstić information content (AvgIpc) is 3.04. The van der Waals surface area contributed by atoms with Gasteiger partial charge in [0.1, 0.15) is 5.75 Å². The van der Waals surface area contributed by atoms with Gasteiger partial charge in [0.15, 0.2) is 0 Å². The van der Waals surface area contributed by atoms with Gasteiger partial charge in [-0.15, -0.1) is 0 Å². The zero-order valence-corrected chi connectivity index (χ0v) is 25.6. The monoisotopic (exact) mass is 650 g/mol. The molecule has 47 heavy (non-hydrogen) atoms. The number of benzene rings is 5. The second-order valence-electron chi connectivity index (χ2n) is 11.3. The smallest absolute Gasteiger partial charge is 0.416 e. The molecule has 5 aromatic rings. The maximum atomic E-state index is 13.4. The maximum Gasteiger partial charge on any atom is 0.416 e. The lowest BCUT2D eigenvalue weighted by molar-refractivity contribution is -0.139. The van der Waals surface area contributed by atoms with Crippen molar-refractivity contribution < 1.29 is 40.6 Å². The number of rotatable bonds is 11. The van der Waals surface area contributed by atoms with Crippen LogP contribution in [0.25, 0.3) is 43.8 Å². The second kappa shape index (κ2) is 13.9. The Morgan fingerprint density at radius 2 is 1.09 bits per heavy atom. The molecule has 0 aliphatic rings. The van der Waals surface area contributed by atoms with Gasteiger partial charge >= 0.3 is 18.3 Å². The number of esters is 1. The van der Waals surface area contributed by atoms with E-state index in [2.05, 4.69) is 6.58 Å². The topological polar surface area (TPSA) is 35.5 Å². The molecule has 0 radical (unpaired) electrons. The van der Waals surface area contributed by atoms with Gasteiger partial charge in [0.05, 0.1) is 24.3 Å². The summed E-state index contributed by atoms with van der Waals surface area (Å²) in [5.41, 5.74) is 1.35. The van der Waals surface area contributed by atoms with Gasteiger partial charge in [0.2, 0.25) is 0 Å². The molecule has 0 fully saturated rings. The van der Waals surface area contributed by atoms with Gasteiger partial charge < -0.3 is 9.47 Å². The molecule has 0 N–H and O–H groups in total. The van der Waals surface area contributed by atoms with Crippen molar-refractivity contribution in [3.63, 3.8) is 0 Å². The predicted molar refractivity (Wildman–Crippen MR) is 172 cm³/mol. The Labute approximate surface area is 268 Å². The number of carbonyl (C=O) groups is 1. The molecule has 0 heterocycles. The largest absolute Gasteiger partial charge is 0.494 e. The third-order valence-electron chi connectivity index (χ3n) is 7.89. The zero-order valence-electron chi connectivity index (χ0n) is 25.6. The lowest BCUT2D eigenvalue weighted by Gasteiger charge is -2.19. The first-order valence-corrected chi connectivity index (χ1v) is 15.1. The van der Waals surface area contributed by atoms with Gasteiger partial charge in [0, 0.05) is 5.57 Å². The summed E-state index contributed by atoms with van der Waals surface area (Å²) in [6.07, 6.45) is -5.84. The number of carbonyl (C=O) groups excluding carboxylic acids is 1. The van der Waals surface area contributed by atoms with E-state index in [9.17, 15) is 31.1 Å². The fourth-order valence-electron chi connectivity index (χ4n) is 5.56. The van der Waals surface area contributed by atoms with E-state index in [1.165, 1.54) is 24.3 Å². The molecule has 0 aliphatic heterocycles. The van der Waals surface area contributed by atoms with Gasteiger partial charge in [-0.05, 0) is 113 Å². The van der Waals surface area contributed by atoms with Crippen molar-refractivity contribution in [2.45, 2.75) is 45.0 Å². The second-order valence-corrected chi connectivity index (χ2v) is 11.3. The first-order chi connectivity index (χ1) is 22.3. The molecular weight excluding hydrogens is 618 g/mol. The van der Waals surface area contributed by atoms with Crippen LogP contribution < -0.4 is 4.74 Å². The Bertz CT molecular complexity index is 1890. The highest BCUT2D eigenvalue weighted by molar-refractivity contribution is 6.21. The zero-order chi connectivity index (χ0) is 33.8.